The van der Waals surface area contributed by atoms with Crippen LogP contribution in [0.3, 0.4) is 0 Å². The number of carbonyl (C=O) groups excluding carboxylic acids is 2. The van der Waals surface area contributed by atoms with Crippen LogP contribution in [0.15, 0.2) is 54.6 Å². The van der Waals surface area contributed by atoms with Gasteiger partial charge in [-0.15, -0.1) is 0 Å². The van der Waals surface area contributed by atoms with Gasteiger partial charge in [-0.3, -0.25) is 9.59 Å². The molecule has 0 saturated carbocycles. The highest BCUT2D eigenvalue weighted by molar-refractivity contribution is 5.90. The van der Waals surface area contributed by atoms with Crippen molar-refractivity contribution in [3.05, 3.63) is 60.2 Å². The van der Waals surface area contributed by atoms with Crippen LogP contribution in [0.4, 0.5) is 0 Å². The van der Waals surface area contributed by atoms with Crippen molar-refractivity contribution in [1.29, 1.82) is 0 Å². The Bertz CT molecular complexity index is 713. The maximum absolute atomic E-state index is 12.1. The predicted octanol–water partition coefficient (Wildman–Crippen LogP) is 2.93. The average Bonchev–Trinajstić information content (AvgIpc) is 3.03. The van der Waals surface area contributed by atoms with Gasteiger partial charge in [-0.25, -0.2) is 0 Å². The van der Waals surface area contributed by atoms with Gasteiger partial charge in [-0.05, 0) is 43.2 Å². The molecule has 1 fully saturated rings. The number of nitrogens with one attached hydrogen (secondary N) is 2. The average molecular weight is 324 g/mol. The minimum Gasteiger partial charge on any atom is -0.457 e. The Balaban J connectivity index is 1.58. The SMILES string of the molecule is C[C@@H](NC(=O)[C@H]1CCC(=O)N1)c1ccc(Oc2ccccc2)cc1. The summed E-state index contributed by atoms with van der Waals surface area (Å²) in [6, 6.07) is 16.6. The first kappa shape index (κ1) is 16.1. The van der Waals surface area contributed by atoms with E-state index in [1.807, 2.05) is 61.5 Å². The molecule has 2 atom stereocenters. The van der Waals surface area contributed by atoms with Crippen molar-refractivity contribution in [2.75, 3.05) is 0 Å². The minimum atomic E-state index is -0.416. The van der Waals surface area contributed by atoms with Crippen LogP contribution < -0.4 is 15.4 Å². The Morgan fingerprint density at radius 2 is 1.79 bits per heavy atom. The van der Waals surface area contributed by atoms with E-state index < -0.39 is 6.04 Å². The van der Waals surface area contributed by atoms with Crippen LogP contribution in [0.1, 0.15) is 31.4 Å². The first-order valence-corrected chi connectivity index (χ1v) is 8.04. The van der Waals surface area contributed by atoms with Crippen LogP contribution in [0.5, 0.6) is 11.5 Å². The highest BCUT2D eigenvalue weighted by Crippen LogP contribution is 2.23. The second kappa shape index (κ2) is 7.17. The van der Waals surface area contributed by atoms with Gasteiger partial charge in [0.1, 0.15) is 17.5 Å². The van der Waals surface area contributed by atoms with Crippen molar-refractivity contribution in [3.8, 4) is 11.5 Å². The quantitative estimate of drug-likeness (QED) is 0.888. The smallest absolute Gasteiger partial charge is 0.243 e. The summed E-state index contributed by atoms with van der Waals surface area (Å²) in [5, 5.41) is 5.61. The second-order valence-corrected chi connectivity index (χ2v) is 5.87. The Kier molecular flexibility index (Phi) is 4.79. The molecule has 0 radical (unpaired) electrons. The van der Waals surface area contributed by atoms with Gasteiger partial charge in [0.2, 0.25) is 11.8 Å². The van der Waals surface area contributed by atoms with E-state index in [4.69, 9.17) is 4.74 Å². The molecule has 2 aromatic carbocycles. The molecule has 0 bridgehead atoms. The third-order valence-electron chi connectivity index (χ3n) is 4.03. The molecule has 1 aliphatic heterocycles. The number of carbonyl (C=O) groups is 2. The Morgan fingerprint density at radius 3 is 2.42 bits per heavy atom. The van der Waals surface area contributed by atoms with E-state index >= 15 is 0 Å². The lowest BCUT2D eigenvalue weighted by Crippen LogP contribution is -2.42. The predicted molar refractivity (Wildman–Crippen MR) is 90.7 cm³/mol. The fraction of sp³-hybridized carbons (Fsp3) is 0.263. The topological polar surface area (TPSA) is 67.4 Å². The van der Waals surface area contributed by atoms with Gasteiger partial charge in [-0.2, -0.15) is 0 Å². The zero-order chi connectivity index (χ0) is 16.9. The first-order chi connectivity index (χ1) is 11.6. The number of rotatable bonds is 5. The summed E-state index contributed by atoms with van der Waals surface area (Å²) in [5.41, 5.74) is 0.980. The molecule has 0 unspecified atom stereocenters. The van der Waals surface area contributed by atoms with E-state index in [1.165, 1.54) is 0 Å². The summed E-state index contributed by atoms with van der Waals surface area (Å²) in [6.07, 6.45) is 0.971. The Hall–Kier alpha value is -2.82. The van der Waals surface area contributed by atoms with Gasteiger partial charge < -0.3 is 15.4 Å². The number of benzene rings is 2. The summed E-state index contributed by atoms with van der Waals surface area (Å²) in [7, 11) is 0. The molecule has 0 aliphatic carbocycles. The van der Waals surface area contributed by atoms with E-state index in [2.05, 4.69) is 10.6 Å². The number of hydrogen-bond donors (Lipinski definition) is 2. The number of para-hydroxylation sites is 1. The molecule has 1 heterocycles. The van der Waals surface area contributed by atoms with Gasteiger partial charge in [0.05, 0.1) is 6.04 Å². The molecule has 24 heavy (non-hydrogen) atoms. The second-order valence-electron chi connectivity index (χ2n) is 5.87. The molecule has 3 rings (SSSR count). The molecule has 2 N–H and O–H groups in total. The van der Waals surface area contributed by atoms with Gasteiger partial charge in [0.25, 0.3) is 0 Å². The largest absolute Gasteiger partial charge is 0.457 e. The van der Waals surface area contributed by atoms with Crippen LogP contribution in [-0.4, -0.2) is 17.9 Å². The molecule has 0 spiro atoms. The molecule has 1 saturated heterocycles. The first-order valence-electron chi connectivity index (χ1n) is 8.04. The van der Waals surface area contributed by atoms with Crippen molar-refractivity contribution < 1.29 is 14.3 Å². The molecule has 5 nitrogen and oxygen atoms in total. The molecule has 0 aromatic heterocycles. The summed E-state index contributed by atoms with van der Waals surface area (Å²) < 4.78 is 5.75. The van der Waals surface area contributed by atoms with Gasteiger partial charge in [-0.1, -0.05) is 30.3 Å². The van der Waals surface area contributed by atoms with E-state index in [-0.39, 0.29) is 17.9 Å². The third-order valence-corrected chi connectivity index (χ3v) is 4.03. The zero-order valence-corrected chi connectivity index (χ0v) is 13.5. The summed E-state index contributed by atoms with van der Waals surface area (Å²) in [4.78, 5) is 23.3. The van der Waals surface area contributed by atoms with Crippen molar-refractivity contribution in [2.45, 2.75) is 31.8 Å². The van der Waals surface area contributed by atoms with Crippen molar-refractivity contribution >= 4 is 11.8 Å². The minimum absolute atomic E-state index is 0.0646. The third kappa shape index (κ3) is 3.93. The maximum Gasteiger partial charge on any atom is 0.243 e. The number of hydrogen-bond acceptors (Lipinski definition) is 3. The molecular weight excluding hydrogens is 304 g/mol. The fourth-order valence-corrected chi connectivity index (χ4v) is 2.66. The Labute approximate surface area is 141 Å². The standard InChI is InChI=1S/C19H20N2O3/c1-13(20-19(23)17-11-12-18(22)21-17)14-7-9-16(10-8-14)24-15-5-3-2-4-6-15/h2-10,13,17H,11-12H2,1H3,(H,20,23)(H,21,22)/t13-,17-/m1/s1. The maximum atomic E-state index is 12.1. The van der Waals surface area contributed by atoms with E-state index in [1.54, 1.807) is 0 Å². The lowest BCUT2D eigenvalue weighted by Gasteiger charge is -2.18. The van der Waals surface area contributed by atoms with Crippen LogP contribution in [0.2, 0.25) is 0 Å². The molecule has 2 aromatic rings. The van der Waals surface area contributed by atoms with E-state index in [9.17, 15) is 9.59 Å². The molecule has 1 aliphatic rings. The molecule has 2 amide bonds. The molecule has 124 valence electrons. The Morgan fingerprint density at radius 1 is 1.12 bits per heavy atom. The summed E-state index contributed by atoms with van der Waals surface area (Å²) in [6.45, 7) is 1.92. The normalized spacial score (nSPS) is 17.9. The van der Waals surface area contributed by atoms with Gasteiger partial charge in [0.15, 0.2) is 0 Å². The van der Waals surface area contributed by atoms with Gasteiger partial charge in [0, 0.05) is 6.42 Å². The monoisotopic (exact) mass is 324 g/mol. The highest BCUT2D eigenvalue weighted by Gasteiger charge is 2.27. The van der Waals surface area contributed by atoms with Gasteiger partial charge >= 0.3 is 0 Å². The number of amides is 2. The molecule has 5 heteroatoms. The summed E-state index contributed by atoms with van der Waals surface area (Å²) >= 11 is 0. The summed E-state index contributed by atoms with van der Waals surface area (Å²) in [5.74, 6) is 1.32. The zero-order valence-electron chi connectivity index (χ0n) is 13.5. The van der Waals surface area contributed by atoms with Crippen molar-refractivity contribution in [1.82, 2.24) is 10.6 Å². The van der Waals surface area contributed by atoms with Crippen LogP contribution in [0, 0.1) is 0 Å². The highest BCUT2D eigenvalue weighted by atomic mass is 16.5. The molecular formula is C19H20N2O3. The van der Waals surface area contributed by atoms with Crippen molar-refractivity contribution in [3.63, 3.8) is 0 Å². The lowest BCUT2D eigenvalue weighted by atomic mass is 10.1. The number of ether oxygens (including phenoxy) is 1. The van der Waals surface area contributed by atoms with E-state index in [0.717, 1.165) is 17.1 Å². The lowest BCUT2D eigenvalue weighted by molar-refractivity contribution is -0.126. The van der Waals surface area contributed by atoms with Crippen LogP contribution >= 0.6 is 0 Å². The van der Waals surface area contributed by atoms with E-state index in [0.29, 0.717) is 12.8 Å². The van der Waals surface area contributed by atoms with Crippen LogP contribution in [-0.2, 0) is 9.59 Å². The van der Waals surface area contributed by atoms with Crippen LogP contribution in [0.25, 0.3) is 0 Å². The van der Waals surface area contributed by atoms with Crippen molar-refractivity contribution in [2.24, 2.45) is 0 Å². The fourth-order valence-electron chi connectivity index (χ4n) is 2.66.